The molecule has 0 unspecified atom stereocenters. The molecule has 0 fully saturated rings. The maximum Gasteiger partial charge on any atom is 0.273 e. The second-order valence-electron chi connectivity index (χ2n) is 3.61. The van der Waals surface area contributed by atoms with E-state index in [0.717, 1.165) is 16.6 Å². The number of carbonyl (C=O) groups is 1. The fourth-order valence-corrected chi connectivity index (χ4v) is 1.73. The summed E-state index contributed by atoms with van der Waals surface area (Å²) in [6, 6.07) is 9.98. The lowest BCUT2D eigenvalue weighted by molar-refractivity contribution is -0.116. The van der Waals surface area contributed by atoms with E-state index < -0.39 is 0 Å². The molecule has 1 aromatic carbocycles. The fourth-order valence-electron chi connectivity index (χ4n) is 1.73. The zero-order chi connectivity index (χ0) is 11.0. The summed E-state index contributed by atoms with van der Waals surface area (Å²) in [5.74, 6) is -0.168. The Morgan fingerprint density at radius 3 is 2.88 bits per heavy atom. The molecule has 0 atom stereocenters. The third-order valence-electron chi connectivity index (χ3n) is 2.49. The van der Waals surface area contributed by atoms with Crippen molar-refractivity contribution in [3.8, 4) is 0 Å². The Balaban J connectivity index is 2.07. The minimum absolute atomic E-state index is 0.168. The molecule has 78 valence electrons. The number of rotatable bonds is 1. The van der Waals surface area contributed by atoms with Crippen molar-refractivity contribution in [2.75, 3.05) is 0 Å². The average Bonchev–Trinajstić information content (AvgIpc) is 2.85. The third kappa shape index (κ3) is 1.40. The van der Waals surface area contributed by atoms with E-state index in [4.69, 9.17) is 0 Å². The van der Waals surface area contributed by atoms with Gasteiger partial charge >= 0.3 is 0 Å². The number of hydrogen-bond donors (Lipinski definition) is 2. The molecule has 0 aliphatic carbocycles. The van der Waals surface area contributed by atoms with E-state index in [2.05, 4.69) is 15.5 Å². The van der Waals surface area contributed by atoms with Crippen LogP contribution in [0.15, 0.2) is 41.0 Å². The lowest BCUT2D eigenvalue weighted by Gasteiger charge is -1.89. The summed E-state index contributed by atoms with van der Waals surface area (Å²) in [4.78, 5) is 14.5. The van der Waals surface area contributed by atoms with Gasteiger partial charge in [0.05, 0.1) is 11.8 Å². The SMILES string of the molecule is O=C1NN=C/C1=C\c1cc2ccccc2[nH]1. The summed E-state index contributed by atoms with van der Waals surface area (Å²) >= 11 is 0. The van der Waals surface area contributed by atoms with Crippen LogP contribution in [0.5, 0.6) is 0 Å². The molecule has 0 spiro atoms. The normalized spacial score (nSPS) is 17.2. The van der Waals surface area contributed by atoms with Crippen LogP contribution in [-0.2, 0) is 4.79 Å². The summed E-state index contributed by atoms with van der Waals surface area (Å²) in [7, 11) is 0. The largest absolute Gasteiger partial charge is 0.355 e. The number of aromatic nitrogens is 1. The maximum atomic E-state index is 11.3. The number of amides is 1. The predicted molar refractivity (Wildman–Crippen MR) is 62.9 cm³/mol. The highest BCUT2D eigenvalue weighted by atomic mass is 16.2. The summed E-state index contributed by atoms with van der Waals surface area (Å²) in [5.41, 5.74) is 4.90. The van der Waals surface area contributed by atoms with Crippen LogP contribution in [0, 0.1) is 0 Å². The number of aromatic amines is 1. The number of hydrazone groups is 1. The molecule has 3 rings (SSSR count). The van der Waals surface area contributed by atoms with E-state index in [9.17, 15) is 4.79 Å². The first-order valence-electron chi connectivity index (χ1n) is 4.96. The first-order chi connectivity index (χ1) is 7.83. The molecule has 1 aliphatic rings. The van der Waals surface area contributed by atoms with E-state index in [1.165, 1.54) is 6.21 Å². The molecular weight excluding hydrogens is 202 g/mol. The van der Waals surface area contributed by atoms with E-state index in [1.54, 1.807) is 6.08 Å². The lowest BCUT2D eigenvalue weighted by Crippen LogP contribution is -2.11. The van der Waals surface area contributed by atoms with E-state index in [1.807, 2.05) is 30.3 Å². The van der Waals surface area contributed by atoms with Crippen molar-refractivity contribution in [1.29, 1.82) is 0 Å². The Kier molecular flexibility index (Phi) is 1.86. The number of nitrogens with one attached hydrogen (secondary N) is 2. The number of nitrogens with zero attached hydrogens (tertiary/aromatic N) is 1. The van der Waals surface area contributed by atoms with Gasteiger partial charge in [-0.2, -0.15) is 5.10 Å². The molecule has 0 saturated heterocycles. The molecule has 1 amide bonds. The first kappa shape index (κ1) is 8.91. The van der Waals surface area contributed by atoms with Crippen LogP contribution in [-0.4, -0.2) is 17.1 Å². The Bertz CT molecular complexity index is 589. The van der Waals surface area contributed by atoms with Gasteiger partial charge in [-0.05, 0) is 23.6 Å². The molecule has 0 bridgehead atoms. The Morgan fingerprint density at radius 1 is 1.25 bits per heavy atom. The van der Waals surface area contributed by atoms with Crippen LogP contribution in [0.3, 0.4) is 0 Å². The van der Waals surface area contributed by atoms with Gasteiger partial charge in [-0.15, -0.1) is 0 Å². The number of para-hydroxylation sites is 1. The predicted octanol–water partition coefficient (Wildman–Crippen LogP) is 1.67. The van der Waals surface area contributed by atoms with Crippen molar-refractivity contribution in [2.45, 2.75) is 0 Å². The van der Waals surface area contributed by atoms with Gasteiger partial charge in [0.1, 0.15) is 0 Å². The van der Waals surface area contributed by atoms with Gasteiger partial charge in [-0.3, -0.25) is 4.79 Å². The van der Waals surface area contributed by atoms with Crippen molar-refractivity contribution in [2.24, 2.45) is 5.10 Å². The topological polar surface area (TPSA) is 57.2 Å². The maximum absolute atomic E-state index is 11.3. The molecular formula is C12H9N3O. The van der Waals surface area contributed by atoms with Crippen LogP contribution in [0.4, 0.5) is 0 Å². The zero-order valence-electron chi connectivity index (χ0n) is 8.40. The van der Waals surface area contributed by atoms with Crippen molar-refractivity contribution in [3.05, 3.63) is 41.6 Å². The number of carbonyl (C=O) groups excluding carboxylic acids is 1. The summed E-state index contributed by atoms with van der Waals surface area (Å²) in [6.07, 6.45) is 3.31. The molecule has 0 radical (unpaired) electrons. The van der Waals surface area contributed by atoms with Gasteiger partial charge in [-0.25, -0.2) is 5.43 Å². The minimum Gasteiger partial charge on any atom is -0.355 e. The highest BCUT2D eigenvalue weighted by Gasteiger charge is 2.11. The quantitative estimate of drug-likeness (QED) is 0.692. The van der Waals surface area contributed by atoms with E-state index in [0.29, 0.717) is 5.57 Å². The standard InChI is InChI=1S/C12H9N3O/c16-12-9(7-13-15-12)6-10-5-8-3-1-2-4-11(8)14-10/h1-7,14H,(H,15,16)/b9-6+. The van der Waals surface area contributed by atoms with Crippen LogP contribution in [0.2, 0.25) is 0 Å². The van der Waals surface area contributed by atoms with Crippen LogP contribution in [0.1, 0.15) is 5.69 Å². The summed E-state index contributed by atoms with van der Waals surface area (Å²) in [5, 5.41) is 4.82. The molecule has 16 heavy (non-hydrogen) atoms. The average molecular weight is 211 g/mol. The number of hydrogen-bond acceptors (Lipinski definition) is 2. The van der Waals surface area contributed by atoms with E-state index in [-0.39, 0.29) is 5.91 Å². The van der Waals surface area contributed by atoms with Crippen molar-refractivity contribution in [3.63, 3.8) is 0 Å². The molecule has 1 aromatic heterocycles. The second kappa shape index (κ2) is 3.34. The lowest BCUT2D eigenvalue weighted by atomic mass is 10.2. The highest BCUT2D eigenvalue weighted by Crippen LogP contribution is 2.16. The molecule has 2 aromatic rings. The van der Waals surface area contributed by atoms with Gasteiger partial charge in [0, 0.05) is 11.2 Å². The molecule has 4 heteroatoms. The van der Waals surface area contributed by atoms with Crippen molar-refractivity contribution in [1.82, 2.24) is 10.4 Å². The molecule has 2 heterocycles. The van der Waals surface area contributed by atoms with E-state index >= 15 is 0 Å². The second-order valence-corrected chi connectivity index (χ2v) is 3.61. The molecule has 2 N–H and O–H groups in total. The number of fused-ring (bicyclic) bond motifs is 1. The third-order valence-corrected chi connectivity index (χ3v) is 2.49. The van der Waals surface area contributed by atoms with Crippen LogP contribution in [0.25, 0.3) is 17.0 Å². The molecule has 0 saturated carbocycles. The number of H-pyrrole nitrogens is 1. The van der Waals surface area contributed by atoms with Gasteiger partial charge < -0.3 is 4.98 Å². The molecule has 1 aliphatic heterocycles. The van der Waals surface area contributed by atoms with Crippen LogP contribution < -0.4 is 5.43 Å². The highest BCUT2D eigenvalue weighted by molar-refractivity contribution is 6.18. The zero-order valence-corrected chi connectivity index (χ0v) is 8.40. The Hall–Kier alpha value is -2.36. The van der Waals surface area contributed by atoms with Crippen LogP contribution >= 0.6 is 0 Å². The number of benzene rings is 1. The first-order valence-corrected chi connectivity index (χ1v) is 4.96. The summed E-state index contributed by atoms with van der Waals surface area (Å²) < 4.78 is 0. The Morgan fingerprint density at radius 2 is 2.12 bits per heavy atom. The van der Waals surface area contributed by atoms with Gasteiger partial charge in [0.2, 0.25) is 0 Å². The Labute approximate surface area is 91.7 Å². The smallest absolute Gasteiger partial charge is 0.273 e. The van der Waals surface area contributed by atoms with Gasteiger partial charge in [0.25, 0.3) is 5.91 Å². The van der Waals surface area contributed by atoms with Crippen molar-refractivity contribution >= 4 is 29.1 Å². The van der Waals surface area contributed by atoms with Gasteiger partial charge in [-0.1, -0.05) is 18.2 Å². The fraction of sp³-hybridized carbons (Fsp3) is 0. The minimum atomic E-state index is -0.168. The summed E-state index contributed by atoms with van der Waals surface area (Å²) in [6.45, 7) is 0. The molecule has 4 nitrogen and oxygen atoms in total. The van der Waals surface area contributed by atoms with Gasteiger partial charge in [0.15, 0.2) is 0 Å². The monoisotopic (exact) mass is 211 g/mol. The van der Waals surface area contributed by atoms with Crippen molar-refractivity contribution < 1.29 is 4.79 Å².